The van der Waals surface area contributed by atoms with E-state index in [4.69, 9.17) is 18.4 Å². The second-order valence-electron chi connectivity index (χ2n) is 6.81. The van der Waals surface area contributed by atoms with Crippen molar-refractivity contribution in [2.45, 2.75) is 19.6 Å². The summed E-state index contributed by atoms with van der Waals surface area (Å²) in [5.74, 6) is 1.47. The van der Waals surface area contributed by atoms with Gasteiger partial charge < -0.3 is 23.3 Å². The molecule has 4 aromatic rings. The lowest BCUT2D eigenvalue weighted by molar-refractivity contribution is 0.0731. The Bertz CT molecular complexity index is 1150. The van der Waals surface area contributed by atoms with E-state index in [0.29, 0.717) is 17.3 Å². The van der Waals surface area contributed by atoms with Crippen molar-refractivity contribution in [3.63, 3.8) is 0 Å². The number of methoxy groups -OCH3 is 1. The van der Waals surface area contributed by atoms with Crippen LogP contribution in [-0.2, 0) is 6.61 Å². The molecular formula is C22H21N3O5. The second-order valence-corrected chi connectivity index (χ2v) is 6.81. The SMILES string of the molecule is COc1ccc2ccc(OCc3nc(C(=O)N(C)[C@H](C)c4ccon4)co3)cc2c1. The van der Waals surface area contributed by atoms with Gasteiger partial charge in [0.25, 0.3) is 5.91 Å². The van der Waals surface area contributed by atoms with Gasteiger partial charge in [-0.15, -0.1) is 0 Å². The van der Waals surface area contributed by atoms with E-state index in [9.17, 15) is 4.79 Å². The zero-order chi connectivity index (χ0) is 21.1. The van der Waals surface area contributed by atoms with Gasteiger partial charge in [-0.05, 0) is 42.0 Å². The lowest BCUT2D eigenvalue weighted by atomic mass is 10.1. The summed E-state index contributed by atoms with van der Waals surface area (Å²) in [4.78, 5) is 18.4. The Morgan fingerprint density at radius 1 is 1.13 bits per heavy atom. The van der Waals surface area contributed by atoms with Gasteiger partial charge in [0.15, 0.2) is 12.3 Å². The number of nitrogens with zero attached hydrogens (tertiary/aromatic N) is 3. The van der Waals surface area contributed by atoms with Crippen LogP contribution >= 0.6 is 0 Å². The van der Waals surface area contributed by atoms with Crippen LogP contribution in [0.3, 0.4) is 0 Å². The fraction of sp³-hybridized carbons (Fsp3) is 0.227. The van der Waals surface area contributed by atoms with E-state index in [2.05, 4.69) is 10.1 Å². The molecule has 0 aliphatic rings. The summed E-state index contributed by atoms with van der Waals surface area (Å²) < 4.78 is 21.3. The van der Waals surface area contributed by atoms with Gasteiger partial charge in [-0.25, -0.2) is 4.98 Å². The van der Waals surface area contributed by atoms with Crippen LogP contribution in [0.25, 0.3) is 10.8 Å². The van der Waals surface area contributed by atoms with Crippen LogP contribution in [-0.4, -0.2) is 35.1 Å². The summed E-state index contributed by atoms with van der Waals surface area (Å²) >= 11 is 0. The van der Waals surface area contributed by atoms with Gasteiger partial charge in [0.2, 0.25) is 5.89 Å². The first-order valence-electron chi connectivity index (χ1n) is 9.37. The summed E-state index contributed by atoms with van der Waals surface area (Å²) in [5.41, 5.74) is 0.862. The van der Waals surface area contributed by atoms with Crippen LogP contribution < -0.4 is 9.47 Å². The highest BCUT2D eigenvalue weighted by atomic mass is 16.5. The van der Waals surface area contributed by atoms with Crippen LogP contribution in [0.5, 0.6) is 11.5 Å². The number of carbonyl (C=O) groups is 1. The first-order chi connectivity index (χ1) is 14.5. The van der Waals surface area contributed by atoms with E-state index < -0.39 is 0 Å². The number of aromatic nitrogens is 2. The Kier molecular flexibility index (Phi) is 5.38. The van der Waals surface area contributed by atoms with Crippen molar-refractivity contribution in [3.05, 3.63) is 72.3 Å². The fourth-order valence-electron chi connectivity index (χ4n) is 3.03. The van der Waals surface area contributed by atoms with E-state index in [1.165, 1.54) is 17.4 Å². The maximum Gasteiger partial charge on any atom is 0.276 e. The molecule has 0 saturated carbocycles. The maximum absolute atomic E-state index is 12.7. The highest BCUT2D eigenvalue weighted by Crippen LogP contribution is 2.25. The van der Waals surface area contributed by atoms with E-state index in [1.807, 2.05) is 43.3 Å². The van der Waals surface area contributed by atoms with E-state index >= 15 is 0 Å². The molecule has 0 fully saturated rings. The summed E-state index contributed by atoms with van der Waals surface area (Å²) in [6.07, 6.45) is 2.80. The molecule has 0 saturated heterocycles. The third kappa shape index (κ3) is 3.98. The summed E-state index contributed by atoms with van der Waals surface area (Å²) in [6, 6.07) is 13.1. The van der Waals surface area contributed by atoms with Crippen LogP contribution in [0.4, 0.5) is 0 Å². The lowest BCUT2D eigenvalue weighted by Crippen LogP contribution is -2.30. The molecule has 0 aliphatic carbocycles. The monoisotopic (exact) mass is 407 g/mol. The van der Waals surface area contributed by atoms with Crippen LogP contribution in [0.15, 0.2) is 63.9 Å². The average molecular weight is 407 g/mol. The first-order valence-corrected chi connectivity index (χ1v) is 9.37. The van der Waals surface area contributed by atoms with Crippen molar-refractivity contribution >= 4 is 16.7 Å². The Hall–Kier alpha value is -3.81. The molecular weight excluding hydrogens is 386 g/mol. The Morgan fingerprint density at radius 3 is 2.63 bits per heavy atom. The zero-order valence-electron chi connectivity index (χ0n) is 16.9. The molecule has 2 heterocycles. The molecule has 0 bridgehead atoms. The molecule has 0 spiro atoms. The van der Waals surface area contributed by atoms with E-state index in [1.54, 1.807) is 20.2 Å². The number of amides is 1. The number of oxazole rings is 1. The largest absolute Gasteiger partial charge is 0.497 e. The van der Waals surface area contributed by atoms with Gasteiger partial charge in [-0.3, -0.25) is 4.79 Å². The maximum atomic E-state index is 12.7. The van der Waals surface area contributed by atoms with Crippen molar-refractivity contribution in [2.75, 3.05) is 14.2 Å². The topological polar surface area (TPSA) is 90.8 Å². The molecule has 154 valence electrons. The fourth-order valence-corrected chi connectivity index (χ4v) is 3.03. The molecule has 2 aromatic carbocycles. The molecule has 1 amide bonds. The molecule has 0 aliphatic heterocycles. The third-order valence-corrected chi connectivity index (χ3v) is 4.94. The number of benzene rings is 2. The smallest absolute Gasteiger partial charge is 0.276 e. The number of carbonyl (C=O) groups excluding carboxylic acids is 1. The first kappa shape index (κ1) is 19.5. The number of hydrogen-bond donors (Lipinski definition) is 0. The van der Waals surface area contributed by atoms with Crippen molar-refractivity contribution in [3.8, 4) is 11.5 Å². The highest BCUT2D eigenvalue weighted by Gasteiger charge is 2.23. The average Bonchev–Trinajstić information content (AvgIpc) is 3.48. The Balaban J connectivity index is 1.42. The van der Waals surface area contributed by atoms with Crippen molar-refractivity contribution in [1.82, 2.24) is 15.0 Å². The molecule has 0 radical (unpaired) electrons. The number of hydrogen-bond acceptors (Lipinski definition) is 7. The van der Waals surface area contributed by atoms with Gasteiger partial charge in [-0.2, -0.15) is 0 Å². The van der Waals surface area contributed by atoms with Crippen LogP contribution in [0, 0.1) is 0 Å². The lowest BCUT2D eigenvalue weighted by Gasteiger charge is -2.21. The molecule has 30 heavy (non-hydrogen) atoms. The quantitative estimate of drug-likeness (QED) is 0.453. The minimum absolute atomic E-state index is 0.102. The third-order valence-electron chi connectivity index (χ3n) is 4.94. The van der Waals surface area contributed by atoms with Crippen molar-refractivity contribution < 1.29 is 23.2 Å². The standard InChI is InChI=1S/C22H21N3O5/c1-14(19-8-9-30-24-19)25(2)22(26)20-12-29-21(23-20)13-28-18-7-5-15-4-6-17(27-3)10-16(15)11-18/h4-12,14H,13H2,1-3H3/t14-/m1/s1. The van der Waals surface area contributed by atoms with Gasteiger partial charge in [0.05, 0.1) is 13.2 Å². The molecule has 0 unspecified atom stereocenters. The number of fused-ring (bicyclic) bond motifs is 1. The summed E-state index contributed by atoms with van der Waals surface area (Å²) in [6.45, 7) is 1.96. The van der Waals surface area contributed by atoms with Gasteiger partial charge >= 0.3 is 0 Å². The van der Waals surface area contributed by atoms with Gasteiger partial charge in [0, 0.05) is 13.1 Å². The van der Waals surface area contributed by atoms with Crippen molar-refractivity contribution in [2.24, 2.45) is 0 Å². The number of ether oxygens (including phenoxy) is 2. The Morgan fingerprint density at radius 2 is 1.90 bits per heavy atom. The van der Waals surface area contributed by atoms with Crippen LogP contribution in [0.1, 0.15) is 35.0 Å². The molecule has 2 aromatic heterocycles. The minimum Gasteiger partial charge on any atom is -0.497 e. The molecule has 8 nitrogen and oxygen atoms in total. The van der Waals surface area contributed by atoms with Crippen molar-refractivity contribution in [1.29, 1.82) is 0 Å². The van der Waals surface area contributed by atoms with E-state index in [0.717, 1.165) is 16.5 Å². The Labute approximate surface area is 173 Å². The minimum atomic E-state index is -0.279. The summed E-state index contributed by atoms with van der Waals surface area (Å²) in [7, 11) is 3.31. The zero-order valence-corrected chi connectivity index (χ0v) is 16.9. The predicted molar refractivity (Wildman–Crippen MR) is 108 cm³/mol. The highest BCUT2D eigenvalue weighted by molar-refractivity contribution is 5.92. The molecule has 4 rings (SSSR count). The molecule has 1 atom stereocenters. The van der Waals surface area contributed by atoms with Gasteiger partial charge in [0.1, 0.15) is 29.7 Å². The molecule has 0 N–H and O–H groups in total. The molecule has 8 heteroatoms. The predicted octanol–water partition coefficient (Wildman–Crippen LogP) is 4.24. The van der Waals surface area contributed by atoms with E-state index in [-0.39, 0.29) is 24.2 Å². The summed E-state index contributed by atoms with van der Waals surface area (Å²) in [5, 5.41) is 5.95. The normalized spacial score (nSPS) is 12.0. The number of rotatable bonds is 7. The second kappa shape index (κ2) is 8.28. The van der Waals surface area contributed by atoms with Gasteiger partial charge in [-0.1, -0.05) is 17.3 Å². The van der Waals surface area contributed by atoms with Crippen LogP contribution in [0.2, 0.25) is 0 Å².